The van der Waals surface area contributed by atoms with Gasteiger partial charge in [-0.25, -0.2) is 4.99 Å². The standard InChI is InChI=1S/C8H5IN2O/c9-8-7-6(5-12-11-7)3-1-2-4-10-8/h1-5H/b3-1+,4-2+,10-8+. The number of nitrogens with zero attached hydrogens (tertiary/aromatic N) is 2. The Bertz CT molecular complexity index is 376. The molecule has 0 radical (unpaired) electrons. The molecule has 0 saturated carbocycles. The molecule has 0 amide bonds. The summed E-state index contributed by atoms with van der Waals surface area (Å²) >= 11 is 2.13. The van der Waals surface area contributed by atoms with Crippen molar-refractivity contribution in [1.29, 1.82) is 0 Å². The van der Waals surface area contributed by atoms with Crippen LogP contribution in [-0.2, 0) is 0 Å². The van der Waals surface area contributed by atoms with Crippen molar-refractivity contribution in [2.24, 2.45) is 4.99 Å². The lowest BCUT2D eigenvalue weighted by Gasteiger charge is -1.93. The number of allylic oxidation sites excluding steroid dienone is 2. The van der Waals surface area contributed by atoms with Crippen LogP contribution in [0.25, 0.3) is 6.08 Å². The van der Waals surface area contributed by atoms with Crippen LogP contribution in [0.4, 0.5) is 0 Å². The van der Waals surface area contributed by atoms with E-state index in [1.165, 1.54) is 0 Å². The molecule has 0 saturated heterocycles. The van der Waals surface area contributed by atoms with Gasteiger partial charge in [0.05, 0.1) is 0 Å². The Labute approximate surface area is 83.0 Å². The molecular weight excluding hydrogens is 267 g/mol. The zero-order chi connectivity index (χ0) is 8.39. The van der Waals surface area contributed by atoms with Crippen molar-refractivity contribution < 1.29 is 4.52 Å². The topological polar surface area (TPSA) is 38.4 Å². The summed E-state index contributed by atoms with van der Waals surface area (Å²) in [4.78, 5) is 4.15. The fourth-order valence-corrected chi connectivity index (χ4v) is 1.47. The van der Waals surface area contributed by atoms with Crippen molar-refractivity contribution in [3.63, 3.8) is 0 Å². The lowest BCUT2D eigenvalue weighted by molar-refractivity contribution is 0.418. The Balaban J connectivity index is 2.58. The Morgan fingerprint density at radius 2 is 2.25 bits per heavy atom. The first-order chi connectivity index (χ1) is 5.88. The summed E-state index contributed by atoms with van der Waals surface area (Å²) in [5, 5.41) is 3.84. The highest BCUT2D eigenvalue weighted by molar-refractivity contribution is 14.1. The van der Waals surface area contributed by atoms with Crippen molar-refractivity contribution in [3.8, 4) is 0 Å². The Hall–Kier alpha value is -0.910. The first-order valence-electron chi connectivity index (χ1n) is 3.39. The van der Waals surface area contributed by atoms with Gasteiger partial charge in [0.2, 0.25) is 0 Å². The van der Waals surface area contributed by atoms with Crippen LogP contribution in [0.3, 0.4) is 0 Å². The van der Waals surface area contributed by atoms with Crippen molar-refractivity contribution in [2.75, 3.05) is 0 Å². The van der Waals surface area contributed by atoms with Gasteiger partial charge < -0.3 is 4.52 Å². The number of aliphatic imine (C=N–C) groups is 1. The van der Waals surface area contributed by atoms with E-state index in [9.17, 15) is 0 Å². The minimum atomic E-state index is 0.802. The number of hydrogen-bond acceptors (Lipinski definition) is 3. The number of aromatic nitrogens is 1. The van der Waals surface area contributed by atoms with E-state index in [0.717, 1.165) is 15.0 Å². The second-order valence-corrected chi connectivity index (χ2v) is 3.26. The summed E-state index contributed by atoms with van der Waals surface area (Å²) in [6, 6.07) is 0. The molecule has 1 aliphatic rings. The van der Waals surface area contributed by atoms with E-state index < -0.39 is 0 Å². The predicted octanol–water partition coefficient (Wildman–Crippen LogP) is 2.40. The van der Waals surface area contributed by atoms with Gasteiger partial charge in [0, 0.05) is 11.8 Å². The molecule has 0 atom stereocenters. The second kappa shape index (κ2) is 3.22. The van der Waals surface area contributed by atoms with Crippen molar-refractivity contribution in [1.82, 2.24) is 5.16 Å². The summed E-state index contributed by atoms with van der Waals surface area (Å²) < 4.78 is 5.68. The van der Waals surface area contributed by atoms with E-state index >= 15 is 0 Å². The highest BCUT2D eigenvalue weighted by Crippen LogP contribution is 2.15. The van der Waals surface area contributed by atoms with Crippen LogP contribution in [0.15, 0.2) is 34.1 Å². The molecule has 1 aliphatic heterocycles. The second-order valence-electron chi connectivity index (χ2n) is 2.24. The summed E-state index contributed by atoms with van der Waals surface area (Å²) in [6.07, 6.45) is 9.06. The van der Waals surface area contributed by atoms with Crippen LogP contribution >= 0.6 is 22.6 Å². The molecule has 3 nitrogen and oxygen atoms in total. The van der Waals surface area contributed by atoms with Crippen LogP contribution in [0.5, 0.6) is 0 Å². The molecule has 2 rings (SSSR count). The van der Waals surface area contributed by atoms with Crippen molar-refractivity contribution in [3.05, 3.63) is 35.9 Å². The minimum absolute atomic E-state index is 0.802. The van der Waals surface area contributed by atoms with Crippen LogP contribution in [-0.4, -0.2) is 8.88 Å². The molecular formula is C8H5IN2O. The first kappa shape index (κ1) is 7.72. The summed E-state index contributed by atoms with van der Waals surface area (Å²) in [7, 11) is 0. The molecule has 2 heterocycles. The van der Waals surface area contributed by atoms with E-state index in [1.54, 1.807) is 12.5 Å². The zero-order valence-corrected chi connectivity index (χ0v) is 8.22. The smallest absolute Gasteiger partial charge is 0.145 e. The third-order valence-corrected chi connectivity index (χ3v) is 2.24. The highest BCUT2D eigenvalue weighted by Gasteiger charge is 2.09. The van der Waals surface area contributed by atoms with Crippen molar-refractivity contribution in [2.45, 2.75) is 0 Å². The SMILES string of the molecule is I/C1=N/C=C/C=C/c2conc21. The van der Waals surface area contributed by atoms with Gasteiger partial charge in [-0.3, -0.25) is 0 Å². The van der Waals surface area contributed by atoms with Gasteiger partial charge in [0.15, 0.2) is 0 Å². The Morgan fingerprint density at radius 3 is 3.17 bits per heavy atom. The molecule has 60 valence electrons. The number of halogens is 1. The van der Waals surface area contributed by atoms with E-state index in [0.29, 0.717) is 0 Å². The summed E-state index contributed by atoms with van der Waals surface area (Å²) in [6.45, 7) is 0. The third kappa shape index (κ3) is 1.34. The molecule has 0 fully saturated rings. The third-order valence-electron chi connectivity index (χ3n) is 1.45. The largest absolute Gasteiger partial charge is 0.363 e. The molecule has 4 heteroatoms. The average molecular weight is 272 g/mol. The van der Waals surface area contributed by atoms with E-state index in [4.69, 9.17) is 4.52 Å². The molecule has 0 bridgehead atoms. The predicted molar refractivity (Wildman–Crippen MR) is 55.2 cm³/mol. The van der Waals surface area contributed by atoms with Gasteiger partial charge >= 0.3 is 0 Å². The van der Waals surface area contributed by atoms with Gasteiger partial charge in [0.1, 0.15) is 15.7 Å². The molecule has 0 unspecified atom stereocenters. The molecule has 0 N–H and O–H groups in total. The maximum atomic E-state index is 4.83. The monoisotopic (exact) mass is 272 g/mol. The van der Waals surface area contributed by atoms with Crippen LogP contribution in [0.2, 0.25) is 0 Å². The fraction of sp³-hybridized carbons (Fsp3) is 0. The number of hydrogen-bond donors (Lipinski definition) is 0. The first-order valence-corrected chi connectivity index (χ1v) is 4.47. The fourth-order valence-electron chi connectivity index (χ4n) is 0.898. The Kier molecular flexibility index (Phi) is 2.07. The normalized spacial score (nSPS) is 24.6. The number of fused-ring (bicyclic) bond motifs is 1. The minimum Gasteiger partial charge on any atom is -0.363 e. The van der Waals surface area contributed by atoms with Crippen LogP contribution < -0.4 is 0 Å². The molecule has 12 heavy (non-hydrogen) atoms. The highest BCUT2D eigenvalue weighted by atomic mass is 127. The van der Waals surface area contributed by atoms with Crippen molar-refractivity contribution >= 4 is 32.4 Å². The van der Waals surface area contributed by atoms with Crippen LogP contribution in [0, 0.1) is 0 Å². The zero-order valence-electron chi connectivity index (χ0n) is 6.07. The summed E-state index contributed by atoms with van der Waals surface area (Å²) in [5.74, 6) is 0. The maximum absolute atomic E-state index is 4.83. The lowest BCUT2D eigenvalue weighted by Crippen LogP contribution is -1.93. The van der Waals surface area contributed by atoms with Gasteiger partial charge in [-0.05, 0) is 34.7 Å². The molecule has 0 spiro atoms. The average Bonchev–Trinajstić information content (AvgIpc) is 2.47. The number of rotatable bonds is 0. The van der Waals surface area contributed by atoms with E-state index in [2.05, 4.69) is 32.7 Å². The molecule has 0 aromatic carbocycles. The van der Waals surface area contributed by atoms with Gasteiger partial charge in [-0.1, -0.05) is 11.2 Å². The lowest BCUT2D eigenvalue weighted by atomic mass is 10.2. The Morgan fingerprint density at radius 1 is 1.33 bits per heavy atom. The molecule has 0 aliphatic carbocycles. The summed E-state index contributed by atoms with van der Waals surface area (Å²) in [5.41, 5.74) is 1.77. The van der Waals surface area contributed by atoms with Crippen LogP contribution in [0.1, 0.15) is 11.3 Å². The molecule has 1 aromatic rings. The van der Waals surface area contributed by atoms with E-state index in [1.807, 2.05) is 18.2 Å². The van der Waals surface area contributed by atoms with Gasteiger partial charge in [-0.2, -0.15) is 0 Å². The van der Waals surface area contributed by atoms with Gasteiger partial charge in [-0.15, -0.1) is 0 Å². The maximum Gasteiger partial charge on any atom is 0.145 e. The van der Waals surface area contributed by atoms with E-state index in [-0.39, 0.29) is 0 Å². The quantitative estimate of drug-likeness (QED) is 0.680. The molecule has 1 aromatic heterocycles. The van der Waals surface area contributed by atoms with Gasteiger partial charge in [0.25, 0.3) is 0 Å².